The van der Waals surface area contributed by atoms with Gasteiger partial charge in [0.15, 0.2) is 0 Å². The lowest BCUT2D eigenvalue weighted by Crippen LogP contribution is -2.47. The molecular weight excluding hydrogens is 399 g/mol. The molecule has 0 aliphatic carbocycles. The van der Waals surface area contributed by atoms with Crippen molar-refractivity contribution in [2.45, 2.75) is 38.4 Å². The highest BCUT2D eigenvalue weighted by Gasteiger charge is 2.43. The van der Waals surface area contributed by atoms with Crippen molar-refractivity contribution in [3.8, 4) is 0 Å². The Morgan fingerprint density at radius 3 is 2.40 bits per heavy atom. The Labute approximate surface area is 173 Å². The Hall–Kier alpha value is -2.58. The Morgan fingerprint density at radius 1 is 1.17 bits per heavy atom. The average Bonchev–Trinajstić information content (AvgIpc) is 3.13. The van der Waals surface area contributed by atoms with Gasteiger partial charge in [0.2, 0.25) is 11.8 Å². The topological polar surface area (TPSA) is 69.7 Å². The summed E-state index contributed by atoms with van der Waals surface area (Å²) >= 11 is 0. The number of nitrogens with zero attached hydrogens (tertiary/aromatic N) is 2. The smallest absolute Gasteiger partial charge is 0.356 e. The van der Waals surface area contributed by atoms with Gasteiger partial charge in [0.05, 0.1) is 12.0 Å². The van der Waals surface area contributed by atoms with Crippen LogP contribution in [0, 0.1) is 11.8 Å². The molecule has 0 radical (unpaired) electrons. The van der Waals surface area contributed by atoms with Crippen LogP contribution >= 0.6 is 0 Å². The first-order valence-corrected chi connectivity index (χ1v) is 10.1. The first kappa shape index (κ1) is 22.1. The van der Waals surface area contributed by atoms with E-state index in [4.69, 9.17) is 0 Å². The van der Waals surface area contributed by atoms with E-state index in [9.17, 15) is 27.6 Å². The van der Waals surface area contributed by atoms with Crippen LogP contribution in [0.25, 0.3) is 0 Å². The van der Waals surface area contributed by atoms with Gasteiger partial charge in [-0.2, -0.15) is 13.2 Å². The molecule has 1 aromatic rings. The van der Waals surface area contributed by atoms with Crippen molar-refractivity contribution in [3.63, 3.8) is 0 Å². The number of hydrogen-bond acceptors (Lipinski definition) is 3. The van der Waals surface area contributed by atoms with Gasteiger partial charge >= 0.3 is 12.1 Å². The Kier molecular flexibility index (Phi) is 6.67. The highest BCUT2D eigenvalue weighted by molar-refractivity contribution is 5.89. The Morgan fingerprint density at radius 2 is 1.80 bits per heavy atom. The van der Waals surface area contributed by atoms with E-state index in [1.54, 1.807) is 4.90 Å². The molecule has 1 N–H and O–H groups in total. The Balaban J connectivity index is 1.45. The largest absolute Gasteiger partial charge is 0.471 e. The average molecular weight is 425 g/mol. The molecule has 3 amide bonds. The first-order chi connectivity index (χ1) is 14.2. The highest BCUT2D eigenvalue weighted by atomic mass is 19.4. The molecule has 2 fully saturated rings. The second-order valence-electron chi connectivity index (χ2n) is 8.01. The minimum absolute atomic E-state index is 0.0164. The zero-order chi connectivity index (χ0) is 21.9. The maximum atomic E-state index is 12.5. The summed E-state index contributed by atoms with van der Waals surface area (Å²) in [6, 6.07) is 9.49. The molecule has 30 heavy (non-hydrogen) atoms. The van der Waals surface area contributed by atoms with E-state index >= 15 is 0 Å². The molecule has 9 heteroatoms. The number of piperidine rings is 1. The van der Waals surface area contributed by atoms with E-state index in [1.807, 2.05) is 37.3 Å². The van der Waals surface area contributed by atoms with E-state index in [-0.39, 0.29) is 43.3 Å². The van der Waals surface area contributed by atoms with Crippen molar-refractivity contribution in [2.24, 2.45) is 11.8 Å². The molecule has 3 rings (SSSR count). The number of amides is 3. The molecule has 2 aliphatic heterocycles. The van der Waals surface area contributed by atoms with E-state index in [0.29, 0.717) is 25.9 Å². The number of alkyl halides is 3. The molecular formula is C21H26F3N3O3. The fourth-order valence-corrected chi connectivity index (χ4v) is 4.10. The SMILES string of the molecule is CC(c1ccccc1)N1CC(C(=O)NCC2CCN(C(=O)C(F)(F)F)CC2)CC1=O. The lowest BCUT2D eigenvalue weighted by atomic mass is 9.96. The predicted octanol–water partition coefficient (Wildman–Crippen LogP) is 2.51. The number of halogens is 3. The van der Waals surface area contributed by atoms with E-state index in [2.05, 4.69) is 5.32 Å². The van der Waals surface area contributed by atoms with Crippen LogP contribution in [-0.4, -0.2) is 59.9 Å². The van der Waals surface area contributed by atoms with Crippen LogP contribution in [-0.2, 0) is 14.4 Å². The number of carbonyl (C=O) groups is 3. The summed E-state index contributed by atoms with van der Waals surface area (Å²) < 4.78 is 37.5. The molecule has 2 unspecified atom stereocenters. The van der Waals surface area contributed by atoms with Gasteiger partial charge in [0, 0.05) is 32.6 Å². The fraction of sp³-hybridized carbons (Fsp3) is 0.571. The van der Waals surface area contributed by atoms with Crippen LogP contribution < -0.4 is 5.32 Å². The molecule has 164 valence electrons. The van der Waals surface area contributed by atoms with Crippen molar-refractivity contribution < 1.29 is 27.6 Å². The molecule has 0 aromatic heterocycles. The Bertz CT molecular complexity index is 777. The molecule has 2 heterocycles. The normalized spacial score (nSPS) is 21.6. The van der Waals surface area contributed by atoms with Crippen molar-refractivity contribution in [3.05, 3.63) is 35.9 Å². The first-order valence-electron chi connectivity index (χ1n) is 10.1. The quantitative estimate of drug-likeness (QED) is 0.788. The fourth-order valence-electron chi connectivity index (χ4n) is 4.10. The van der Waals surface area contributed by atoms with Gasteiger partial charge in [-0.3, -0.25) is 14.4 Å². The van der Waals surface area contributed by atoms with Crippen LogP contribution in [0.5, 0.6) is 0 Å². The predicted molar refractivity (Wildman–Crippen MR) is 103 cm³/mol. The lowest BCUT2D eigenvalue weighted by Gasteiger charge is -2.32. The van der Waals surface area contributed by atoms with E-state index in [1.165, 1.54) is 0 Å². The lowest BCUT2D eigenvalue weighted by molar-refractivity contribution is -0.186. The summed E-state index contributed by atoms with van der Waals surface area (Å²) in [4.78, 5) is 38.8. The van der Waals surface area contributed by atoms with E-state index < -0.39 is 18.0 Å². The van der Waals surface area contributed by atoms with Gasteiger partial charge in [0.1, 0.15) is 0 Å². The maximum Gasteiger partial charge on any atom is 0.471 e. The number of hydrogen-bond donors (Lipinski definition) is 1. The zero-order valence-corrected chi connectivity index (χ0v) is 16.8. The van der Waals surface area contributed by atoms with Crippen molar-refractivity contribution in [1.29, 1.82) is 0 Å². The molecule has 2 atom stereocenters. The van der Waals surface area contributed by atoms with Gasteiger partial charge in [0.25, 0.3) is 0 Å². The summed E-state index contributed by atoms with van der Waals surface area (Å²) in [5.41, 5.74) is 1.01. The number of likely N-dealkylation sites (tertiary alicyclic amines) is 2. The van der Waals surface area contributed by atoms with Gasteiger partial charge in [-0.15, -0.1) is 0 Å². The van der Waals surface area contributed by atoms with Crippen molar-refractivity contribution >= 4 is 17.7 Å². The third-order valence-electron chi connectivity index (χ3n) is 5.99. The second kappa shape index (κ2) is 9.06. The molecule has 2 aliphatic rings. The van der Waals surface area contributed by atoms with Crippen LogP contribution in [0.1, 0.15) is 37.8 Å². The van der Waals surface area contributed by atoms with Crippen LogP contribution in [0.2, 0.25) is 0 Å². The van der Waals surface area contributed by atoms with Crippen molar-refractivity contribution in [2.75, 3.05) is 26.2 Å². The number of rotatable bonds is 5. The summed E-state index contributed by atoms with van der Waals surface area (Å²) in [5, 5.41) is 2.84. The summed E-state index contributed by atoms with van der Waals surface area (Å²) in [7, 11) is 0. The van der Waals surface area contributed by atoms with Gasteiger partial charge < -0.3 is 15.1 Å². The second-order valence-corrected chi connectivity index (χ2v) is 8.01. The number of benzene rings is 1. The molecule has 6 nitrogen and oxygen atoms in total. The summed E-state index contributed by atoms with van der Waals surface area (Å²) in [6.07, 6.45) is -3.88. The van der Waals surface area contributed by atoms with Gasteiger partial charge in [-0.25, -0.2) is 0 Å². The molecule has 0 bridgehead atoms. The molecule has 0 saturated carbocycles. The minimum Gasteiger partial charge on any atom is -0.356 e. The van der Waals surface area contributed by atoms with Crippen molar-refractivity contribution in [1.82, 2.24) is 15.1 Å². The summed E-state index contributed by atoms with van der Waals surface area (Å²) in [5.74, 6) is -2.49. The number of carbonyl (C=O) groups excluding carboxylic acids is 3. The standard InChI is InChI=1S/C21H26F3N3O3/c1-14(16-5-3-2-4-6-16)27-13-17(11-18(27)28)19(29)25-12-15-7-9-26(10-8-15)20(30)21(22,23)24/h2-6,14-15,17H,7-13H2,1H3,(H,25,29). The number of nitrogens with one attached hydrogen (secondary N) is 1. The zero-order valence-electron chi connectivity index (χ0n) is 16.8. The third-order valence-corrected chi connectivity index (χ3v) is 5.99. The van der Waals surface area contributed by atoms with Crippen LogP contribution in [0.4, 0.5) is 13.2 Å². The summed E-state index contributed by atoms with van der Waals surface area (Å²) in [6.45, 7) is 2.68. The third kappa shape index (κ3) is 5.12. The minimum atomic E-state index is -4.85. The van der Waals surface area contributed by atoms with Gasteiger partial charge in [-0.1, -0.05) is 30.3 Å². The van der Waals surface area contributed by atoms with E-state index in [0.717, 1.165) is 10.5 Å². The van der Waals surface area contributed by atoms with Gasteiger partial charge in [-0.05, 0) is 31.2 Å². The molecule has 1 aromatic carbocycles. The maximum absolute atomic E-state index is 12.5. The van der Waals surface area contributed by atoms with Crippen LogP contribution in [0.15, 0.2) is 30.3 Å². The molecule has 0 spiro atoms. The highest BCUT2D eigenvalue weighted by Crippen LogP contribution is 2.29. The monoisotopic (exact) mass is 425 g/mol. The van der Waals surface area contributed by atoms with Crippen LogP contribution in [0.3, 0.4) is 0 Å². The molecule has 2 saturated heterocycles.